The molecular formula is C27H36ClN3O4S. The zero-order valence-electron chi connectivity index (χ0n) is 21.2. The van der Waals surface area contributed by atoms with E-state index < -0.39 is 16.1 Å². The lowest BCUT2D eigenvalue weighted by atomic mass is 10.1. The number of nitrogens with zero attached hydrogens (tertiary/aromatic N) is 2. The molecule has 0 aromatic heterocycles. The van der Waals surface area contributed by atoms with Crippen molar-refractivity contribution in [3.8, 4) is 0 Å². The van der Waals surface area contributed by atoms with E-state index in [2.05, 4.69) is 5.32 Å². The average Bonchev–Trinajstić information content (AvgIpc) is 3.34. The van der Waals surface area contributed by atoms with Crippen molar-refractivity contribution in [2.45, 2.75) is 71.0 Å². The lowest BCUT2D eigenvalue weighted by Gasteiger charge is -2.30. The number of carbonyl (C=O) groups is 2. The van der Waals surface area contributed by atoms with Crippen LogP contribution in [-0.2, 0) is 26.2 Å². The molecule has 7 nitrogen and oxygen atoms in total. The van der Waals surface area contributed by atoms with E-state index in [1.165, 1.54) is 4.31 Å². The van der Waals surface area contributed by atoms with Gasteiger partial charge < -0.3 is 10.2 Å². The molecule has 1 N–H and O–H groups in total. The summed E-state index contributed by atoms with van der Waals surface area (Å²) in [5, 5.41) is 3.69. The summed E-state index contributed by atoms with van der Waals surface area (Å²) in [6.07, 6.45) is 5.74. The highest BCUT2D eigenvalue weighted by Crippen LogP contribution is 2.21. The second-order valence-electron chi connectivity index (χ2n) is 9.59. The third-order valence-corrected chi connectivity index (χ3v) is 8.06. The highest BCUT2D eigenvalue weighted by atomic mass is 35.5. The van der Waals surface area contributed by atoms with Crippen LogP contribution in [0.1, 0.15) is 56.6 Å². The number of halogens is 1. The Morgan fingerprint density at radius 3 is 2.25 bits per heavy atom. The highest BCUT2D eigenvalue weighted by molar-refractivity contribution is 7.92. The molecule has 0 unspecified atom stereocenters. The van der Waals surface area contributed by atoms with Gasteiger partial charge in [0, 0.05) is 30.6 Å². The van der Waals surface area contributed by atoms with Gasteiger partial charge in [-0.2, -0.15) is 0 Å². The van der Waals surface area contributed by atoms with E-state index in [9.17, 15) is 18.0 Å². The van der Waals surface area contributed by atoms with Gasteiger partial charge in [0.15, 0.2) is 0 Å². The molecule has 0 saturated heterocycles. The van der Waals surface area contributed by atoms with E-state index in [0.29, 0.717) is 17.1 Å². The number of carbonyl (C=O) groups excluding carboxylic acids is 2. The van der Waals surface area contributed by atoms with E-state index in [4.69, 9.17) is 11.6 Å². The van der Waals surface area contributed by atoms with Gasteiger partial charge in [-0.3, -0.25) is 13.9 Å². The van der Waals surface area contributed by atoms with Crippen molar-refractivity contribution in [1.82, 2.24) is 10.2 Å². The Bertz CT molecular complexity index is 1130. The molecular weight excluding hydrogens is 498 g/mol. The van der Waals surface area contributed by atoms with Crippen LogP contribution in [-0.4, -0.2) is 50.0 Å². The van der Waals surface area contributed by atoms with Gasteiger partial charge >= 0.3 is 0 Å². The summed E-state index contributed by atoms with van der Waals surface area (Å²) in [6, 6.07) is 13.9. The molecule has 1 aliphatic rings. The van der Waals surface area contributed by atoms with Crippen LogP contribution in [0.2, 0.25) is 5.02 Å². The molecule has 0 radical (unpaired) electrons. The van der Waals surface area contributed by atoms with Crippen LogP contribution in [0, 0.1) is 6.92 Å². The fourth-order valence-electron chi connectivity index (χ4n) is 4.48. The minimum Gasteiger partial charge on any atom is -0.352 e. The fraction of sp³-hybridized carbons (Fsp3) is 0.481. The predicted octanol–water partition coefficient (Wildman–Crippen LogP) is 4.67. The van der Waals surface area contributed by atoms with Crippen LogP contribution >= 0.6 is 11.6 Å². The Morgan fingerprint density at radius 1 is 1.06 bits per heavy atom. The Labute approximate surface area is 219 Å². The van der Waals surface area contributed by atoms with E-state index in [1.807, 2.05) is 31.2 Å². The van der Waals surface area contributed by atoms with E-state index in [0.717, 1.165) is 43.1 Å². The SMILES string of the molecule is Cc1ccc(N(CCCC(=O)N(Cc2ccc(Cl)cc2)[C@H](C)C(=O)NC2CCCC2)S(C)(=O)=O)cc1. The molecule has 1 saturated carbocycles. The molecule has 36 heavy (non-hydrogen) atoms. The first-order chi connectivity index (χ1) is 17.0. The third kappa shape index (κ3) is 7.96. The van der Waals surface area contributed by atoms with Gasteiger partial charge in [-0.15, -0.1) is 0 Å². The van der Waals surface area contributed by atoms with E-state index >= 15 is 0 Å². The highest BCUT2D eigenvalue weighted by Gasteiger charge is 2.28. The van der Waals surface area contributed by atoms with Crippen LogP contribution in [0.5, 0.6) is 0 Å². The molecule has 196 valence electrons. The molecule has 3 rings (SSSR count). The number of hydrogen-bond donors (Lipinski definition) is 1. The maximum atomic E-state index is 13.4. The van der Waals surface area contributed by atoms with Gasteiger partial charge in [0.2, 0.25) is 21.8 Å². The number of anilines is 1. The zero-order valence-corrected chi connectivity index (χ0v) is 22.8. The molecule has 1 fully saturated rings. The lowest BCUT2D eigenvalue weighted by molar-refractivity contribution is -0.141. The lowest BCUT2D eigenvalue weighted by Crippen LogP contribution is -2.49. The predicted molar refractivity (Wildman–Crippen MR) is 144 cm³/mol. The summed E-state index contributed by atoms with van der Waals surface area (Å²) in [4.78, 5) is 27.9. The molecule has 0 spiro atoms. The number of rotatable bonds is 11. The zero-order chi connectivity index (χ0) is 26.3. The first kappa shape index (κ1) is 28.0. The number of sulfonamides is 1. The van der Waals surface area contributed by atoms with Crippen LogP contribution in [0.25, 0.3) is 0 Å². The fourth-order valence-corrected chi connectivity index (χ4v) is 5.57. The molecule has 0 heterocycles. The standard InChI is InChI=1S/C27H36ClN3O4S/c1-20-10-16-25(17-11-20)31(36(3,34)35)18-6-9-26(32)30(19-22-12-14-23(28)15-13-22)21(2)27(33)29-24-7-4-5-8-24/h10-17,21,24H,4-9,18-19H2,1-3H3,(H,29,33)/t21-/m1/s1. The number of benzene rings is 2. The van der Waals surface area contributed by atoms with Gasteiger partial charge in [-0.1, -0.05) is 54.3 Å². The number of nitrogens with one attached hydrogen (secondary N) is 1. The van der Waals surface area contributed by atoms with Gasteiger partial charge in [-0.25, -0.2) is 8.42 Å². The number of aryl methyl sites for hydroxylation is 1. The van der Waals surface area contributed by atoms with Crippen LogP contribution in [0.4, 0.5) is 5.69 Å². The van der Waals surface area contributed by atoms with Crippen LogP contribution in [0.3, 0.4) is 0 Å². The minimum absolute atomic E-state index is 0.118. The molecule has 9 heteroatoms. The molecule has 0 bridgehead atoms. The second kappa shape index (κ2) is 12.6. The molecule has 1 atom stereocenters. The molecule has 2 amide bonds. The van der Waals surface area contributed by atoms with Crippen molar-refractivity contribution in [2.24, 2.45) is 0 Å². The molecule has 2 aromatic carbocycles. The van der Waals surface area contributed by atoms with Crippen molar-refractivity contribution in [3.63, 3.8) is 0 Å². The van der Waals surface area contributed by atoms with E-state index in [-0.39, 0.29) is 37.4 Å². The second-order valence-corrected chi connectivity index (χ2v) is 11.9. The number of amides is 2. The maximum absolute atomic E-state index is 13.4. The first-order valence-electron chi connectivity index (χ1n) is 12.4. The van der Waals surface area contributed by atoms with Crippen molar-refractivity contribution in [2.75, 3.05) is 17.1 Å². The molecule has 1 aliphatic carbocycles. The van der Waals surface area contributed by atoms with Crippen molar-refractivity contribution in [1.29, 1.82) is 0 Å². The summed E-state index contributed by atoms with van der Waals surface area (Å²) in [7, 11) is -3.51. The Hall–Kier alpha value is -2.58. The monoisotopic (exact) mass is 533 g/mol. The first-order valence-corrected chi connectivity index (χ1v) is 14.7. The third-order valence-electron chi connectivity index (χ3n) is 6.61. The minimum atomic E-state index is -3.51. The van der Waals surface area contributed by atoms with Gasteiger partial charge in [0.25, 0.3) is 0 Å². The van der Waals surface area contributed by atoms with Crippen molar-refractivity contribution >= 4 is 39.1 Å². The largest absolute Gasteiger partial charge is 0.352 e. The average molecular weight is 534 g/mol. The van der Waals surface area contributed by atoms with Crippen molar-refractivity contribution in [3.05, 3.63) is 64.7 Å². The summed E-state index contributed by atoms with van der Waals surface area (Å²) >= 11 is 6.01. The Balaban J connectivity index is 1.70. The normalized spacial score (nSPS) is 14.9. The molecule has 0 aliphatic heterocycles. The van der Waals surface area contributed by atoms with Gasteiger partial charge in [0.05, 0.1) is 11.9 Å². The molecule has 2 aromatic rings. The Kier molecular flexibility index (Phi) is 9.79. The summed E-state index contributed by atoms with van der Waals surface area (Å²) in [6.45, 7) is 4.12. The van der Waals surface area contributed by atoms with Crippen LogP contribution < -0.4 is 9.62 Å². The van der Waals surface area contributed by atoms with Crippen molar-refractivity contribution < 1.29 is 18.0 Å². The van der Waals surface area contributed by atoms with Gasteiger partial charge in [-0.05, 0) is 62.9 Å². The van der Waals surface area contributed by atoms with Gasteiger partial charge in [0.1, 0.15) is 6.04 Å². The summed E-state index contributed by atoms with van der Waals surface area (Å²) < 4.78 is 26.2. The Morgan fingerprint density at radius 2 is 1.67 bits per heavy atom. The summed E-state index contributed by atoms with van der Waals surface area (Å²) in [5.41, 5.74) is 2.47. The number of hydrogen-bond acceptors (Lipinski definition) is 4. The quantitative estimate of drug-likeness (QED) is 0.454. The topological polar surface area (TPSA) is 86.8 Å². The summed E-state index contributed by atoms with van der Waals surface area (Å²) in [5.74, 6) is -0.363. The smallest absolute Gasteiger partial charge is 0.242 e. The van der Waals surface area contributed by atoms with Crippen LogP contribution in [0.15, 0.2) is 48.5 Å². The maximum Gasteiger partial charge on any atom is 0.242 e. The van der Waals surface area contributed by atoms with E-state index in [1.54, 1.807) is 36.1 Å².